The molecule has 0 unspecified atom stereocenters. The molecule has 23 heavy (non-hydrogen) atoms. The molecule has 1 saturated heterocycles. The molecule has 120 valence electrons. The number of nitrogens with zero attached hydrogens (tertiary/aromatic N) is 3. The SMILES string of the molecule is O=C(CCc1ccccn1)N1CCN(c2ccc(F)cc2)CC1. The first-order valence-electron chi connectivity index (χ1n) is 7.90. The van der Waals surface area contributed by atoms with Crippen molar-refractivity contribution in [2.45, 2.75) is 12.8 Å². The lowest BCUT2D eigenvalue weighted by Gasteiger charge is -2.36. The summed E-state index contributed by atoms with van der Waals surface area (Å²) in [6, 6.07) is 12.3. The quantitative estimate of drug-likeness (QED) is 0.870. The Balaban J connectivity index is 1.48. The van der Waals surface area contributed by atoms with E-state index in [2.05, 4.69) is 9.88 Å². The third-order valence-corrected chi connectivity index (χ3v) is 4.15. The van der Waals surface area contributed by atoms with Crippen molar-refractivity contribution in [3.8, 4) is 0 Å². The number of aryl methyl sites for hydroxylation is 1. The van der Waals surface area contributed by atoms with Crippen LogP contribution in [0, 0.1) is 5.82 Å². The molecule has 0 radical (unpaired) electrons. The Labute approximate surface area is 135 Å². The van der Waals surface area contributed by atoms with Gasteiger partial charge < -0.3 is 9.80 Å². The van der Waals surface area contributed by atoms with Gasteiger partial charge in [0, 0.05) is 50.2 Å². The van der Waals surface area contributed by atoms with Gasteiger partial charge in [-0.2, -0.15) is 0 Å². The summed E-state index contributed by atoms with van der Waals surface area (Å²) >= 11 is 0. The van der Waals surface area contributed by atoms with Gasteiger partial charge in [-0.25, -0.2) is 4.39 Å². The minimum atomic E-state index is -0.225. The number of anilines is 1. The zero-order valence-corrected chi connectivity index (χ0v) is 13.0. The highest BCUT2D eigenvalue weighted by Crippen LogP contribution is 2.17. The zero-order chi connectivity index (χ0) is 16.1. The number of halogens is 1. The third-order valence-electron chi connectivity index (χ3n) is 4.15. The summed E-state index contributed by atoms with van der Waals surface area (Å²) < 4.78 is 13.0. The molecule has 2 heterocycles. The smallest absolute Gasteiger partial charge is 0.223 e. The van der Waals surface area contributed by atoms with Crippen molar-refractivity contribution < 1.29 is 9.18 Å². The summed E-state index contributed by atoms with van der Waals surface area (Å²) in [5, 5.41) is 0. The Kier molecular flexibility index (Phi) is 4.86. The number of amides is 1. The lowest BCUT2D eigenvalue weighted by atomic mass is 10.2. The van der Waals surface area contributed by atoms with E-state index in [9.17, 15) is 9.18 Å². The topological polar surface area (TPSA) is 36.4 Å². The highest BCUT2D eigenvalue weighted by Gasteiger charge is 2.21. The molecular weight excluding hydrogens is 293 g/mol. The molecule has 4 nitrogen and oxygen atoms in total. The molecule has 1 amide bonds. The minimum Gasteiger partial charge on any atom is -0.368 e. The van der Waals surface area contributed by atoms with Crippen LogP contribution in [-0.4, -0.2) is 42.0 Å². The van der Waals surface area contributed by atoms with E-state index in [-0.39, 0.29) is 11.7 Å². The number of hydrogen-bond donors (Lipinski definition) is 0. The van der Waals surface area contributed by atoms with Gasteiger partial charge in [-0.05, 0) is 42.8 Å². The lowest BCUT2D eigenvalue weighted by Crippen LogP contribution is -2.48. The Morgan fingerprint density at radius 1 is 1.04 bits per heavy atom. The number of carbonyl (C=O) groups excluding carboxylic acids is 1. The fraction of sp³-hybridized carbons (Fsp3) is 0.333. The van der Waals surface area contributed by atoms with Gasteiger partial charge >= 0.3 is 0 Å². The van der Waals surface area contributed by atoms with Crippen LogP contribution in [0.25, 0.3) is 0 Å². The number of piperazine rings is 1. The molecule has 1 fully saturated rings. The molecular formula is C18H20FN3O. The maximum Gasteiger partial charge on any atom is 0.223 e. The monoisotopic (exact) mass is 313 g/mol. The van der Waals surface area contributed by atoms with E-state index < -0.39 is 0 Å². The second kappa shape index (κ2) is 7.22. The van der Waals surface area contributed by atoms with Crippen LogP contribution in [0.1, 0.15) is 12.1 Å². The first-order chi connectivity index (χ1) is 11.2. The summed E-state index contributed by atoms with van der Waals surface area (Å²) in [5.74, 6) is -0.0495. The van der Waals surface area contributed by atoms with E-state index in [1.807, 2.05) is 23.1 Å². The van der Waals surface area contributed by atoms with Crippen molar-refractivity contribution in [2.75, 3.05) is 31.1 Å². The van der Waals surface area contributed by atoms with E-state index in [0.29, 0.717) is 25.9 Å². The predicted octanol–water partition coefficient (Wildman–Crippen LogP) is 2.50. The summed E-state index contributed by atoms with van der Waals surface area (Å²) in [4.78, 5) is 20.6. The molecule has 0 aliphatic carbocycles. The van der Waals surface area contributed by atoms with E-state index >= 15 is 0 Å². The lowest BCUT2D eigenvalue weighted by molar-refractivity contribution is -0.131. The molecule has 0 N–H and O–H groups in total. The molecule has 0 bridgehead atoms. The zero-order valence-electron chi connectivity index (χ0n) is 13.0. The average molecular weight is 313 g/mol. The van der Waals surface area contributed by atoms with Crippen LogP contribution in [0.5, 0.6) is 0 Å². The largest absolute Gasteiger partial charge is 0.368 e. The van der Waals surface area contributed by atoms with Gasteiger partial charge in [0.15, 0.2) is 0 Å². The molecule has 3 rings (SSSR count). The van der Waals surface area contributed by atoms with Crippen LogP contribution in [0.3, 0.4) is 0 Å². The Hall–Kier alpha value is -2.43. The molecule has 5 heteroatoms. The molecule has 1 aromatic carbocycles. The molecule has 1 aromatic heterocycles. The van der Waals surface area contributed by atoms with Gasteiger partial charge in [0.1, 0.15) is 5.82 Å². The third kappa shape index (κ3) is 4.06. The summed E-state index contributed by atoms with van der Waals surface area (Å²) in [5.41, 5.74) is 1.96. The predicted molar refractivity (Wildman–Crippen MR) is 87.8 cm³/mol. The van der Waals surface area contributed by atoms with Crippen LogP contribution in [0.2, 0.25) is 0 Å². The van der Waals surface area contributed by atoms with Crippen LogP contribution >= 0.6 is 0 Å². The maximum absolute atomic E-state index is 13.0. The van der Waals surface area contributed by atoms with Gasteiger partial charge in [0.25, 0.3) is 0 Å². The van der Waals surface area contributed by atoms with Crippen LogP contribution in [0.15, 0.2) is 48.7 Å². The van der Waals surface area contributed by atoms with Gasteiger partial charge in [-0.15, -0.1) is 0 Å². The fourth-order valence-electron chi connectivity index (χ4n) is 2.81. The van der Waals surface area contributed by atoms with Crippen LogP contribution < -0.4 is 4.90 Å². The van der Waals surface area contributed by atoms with Crippen LogP contribution in [-0.2, 0) is 11.2 Å². The van der Waals surface area contributed by atoms with Crippen molar-refractivity contribution in [2.24, 2.45) is 0 Å². The average Bonchev–Trinajstić information content (AvgIpc) is 2.61. The van der Waals surface area contributed by atoms with Crippen molar-refractivity contribution in [3.05, 3.63) is 60.2 Å². The van der Waals surface area contributed by atoms with Crippen molar-refractivity contribution >= 4 is 11.6 Å². The van der Waals surface area contributed by atoms with E-state index in [0.717, 1.165) is 24.5 Å². The summed E-state index contributed by atoms with van der Waals surface area (Å²) in [7, 11) is 0. The Morgan fingerprint density at radius 2 is 1.78 bits per heavy atom. The second-order valence-corrected chi connectivity index (χ2v) is 5.67. The van der Waals surface area contributed by atoms with Crippen molar-refractivity contribution in [3.63, 3.8) is 0 Å². The maximum atomic E-state index is 13.0. The number of hydrogen-bond acceptors (Lipinski definition) is 3. The number of carbonyl (C=O) groups is 1. The summed E-state index contributed by atoms with van der Waals surface area (Å²) in [6.45, 7) is 2.97. The molecule has 2 aromatic rings. The highest BCUT2D eigenvalue weighted by atomic mass is 19.1. The first kappa shape index (κ1) is 15.5. The van der Waals surface area contributed by atoms with Gasteiger partial charge in [0.2, 0.25) is 5.91 Å². The number of aromatic nitrogens is 1. The van der Waals surface area contributed by atoms with Crippen molar-refractivity contribution in [1.29, 1.82) is 0 Å². The van der Waals surface area contributed by atoms with Crippen molar-refractivity contribution in [1.82, 2.24) is 9.88 Å². The minimum absolute atomic E-state index is 0.175. The number of pyridine rings is 1. The summed E-state index contributed by atoms with van der Waals surface area (Å²) in [6.07, 6.45) is 2.92. The second-order valence-electron chi connectivity index (χ2n) is 5.67. The van der Waals surface area contributed by atoms with Gasteiger partial charge in [-0.3, -0.25) is 9.78 Å². The van der Waals surface area contributed by atoms with Crippen LogP contribution in [0.4, 0.5) is 10.1 Å². The molecule has 0 atom stereocenters. The Morgan fingerprint density at radius 3 is 2.43 bits per heavy atom. The first-order valence-corrected chi connectivity index (χ1v) is 7.90. The van der Waals surface area contributed by atoms with Gasteiger partial charge in [-0.1, -0.05) is 6.07 Å². The highest BCUT2D eigenvalue weighted by molar-refractivity contribution is 5.76. The molecule has 1 aliphatic heterocycles. The van der Waals surface area contributed by atoms with E-state index in [4.69, 9.17) is 0 Å². The molecule has 0 spiro atoms. The fourth-order valence-corrected chi connectivity index (χ4v) is 2.81. The van der Waals surface area contributed by atoms with E-state index in [1.165, 1.54) is 12.1 Å². The van der Waals surface area contributed by atoms with Gasteiger partial charge in [0.05, 0.1) is 0 Å². The number of rotatable bonds is 4. The standard InChI is InChI=1S/C18H20FN3O/c19-15-4-7-17(8-5-15)21-11-13-22(14-12-21)18(23)9-6-16-3-1-2-10-20-16/h1-5,7-8,10H,6,9,11-14H2. The molecule has 0 saturated carbocycles. The number of benzene rings is 1. The normalized spacial score (nSPS) is 14.8. The van der Waals surface area contributed by atoms with E-state index in [1.54, 1.807) is 18.3 Å². The molecule has 1 aliphatic rings. The Bertz CT molecular complexity index is 637.